The Bertz CT molecular complexity index is 577. The zero-order valence-corrected chi connectivity index (χ0v) is 15.7. The normalized spacial score (nSPS) is 17.0. The van der Waals surface area contributed by atoms with Crippen LogP contribution in [0.3, 0.4) is 0 Å². The number of rotatable bonds is 8. The zero-order chi connectivity index (χ0) is 18.8. The first-order valence-electron chi connectivity index (χ1n) is 9.17. The molecule has 1 aromatic rings. The van der Waals surface area contributed by atoms with E-state index < -0.39 is 0 Å². The van der Waals surface area contributed by atoms with Crippen molar-refractivity contribution in [2.75, 3.05) is 51.8 Å². The third kappa shape index (κ3) is 7.01. The molecule has 3 N–H and O–H groups in total. The number of hydrogen-bond acceptors (Lipinski definition) is 4. The van der Waals surface area contributed by atoms with Crippen molar-refractivity contribution in [3.63, 3.8) is 0 Å². The second-order valence-corrected chi connectivity index (χ2v) is 6.72. The van der Waals surface area contributed by atoms with Gasteiger partial charge in [-0.25, -0.2) is 4.79 Å². The number of hydrogen-bond donors (Lipinski definition) is 3. The fourth-order valence-electron chi connectivity index (χ4n) is 2.99. The second-order valence-electron chi connectivity index (χ2n) is 6.72. The molecular weight excluding hydrogens is 332 g/mol. The van der Waals surface area contributed by atoms with Crippen molar-refractivity contribution in [1.82, 2.24) is 15.5 Å². The summed E-state index contributed by atoms with van der Waals surface area (Å²) in [5.41, 5.74) is 1.93. The van der Waals surface area contributed by atoms with Gasteiger partial charge in [0, 0.05) is 39.0 Å². The summed E-state index contributed by atoms with van der Waals surface area (Å²) in [5, 5.41) is 8.83. The summed E-state index contributed by atoms with van der Waals surface area (Å²) in [6.45, 7) is 5.64. The molecule has 1 heterocycles. The highest BCUT2D eigenvalue weighted by atomic mass is 16.5. The molecule has 144 valence electrons. The molecule has 0 radical (unpaired) electrons. The van der Waals surface area contributed by atoms with E-state index in [1.165, 1.54) is 0 Å². The van der Waals surface area contributed by atoms with Crippen LogP contribution in [0.25, 0.3) is 0 Å². The van der Waals surface area contributed by atoms with Crippen LogP contribution in [-0.2, 0) is 9.53 Å². The number of nitrogens with zero attached hydrogens (tertiary/aromatic N) is 1. The lowest BCUT2D eigenvalue weighted by molar-refractivity contribution is -0.132. The van der Waals surface area contributed by atoms with Crippen LogP contribution in [0.2, 0.25) is 0 Å². The van der Waals surface area contributed by atoms with Crippen molar-refractivity contribution in [2.45, 2.75) is 19.8 Å². The Hall–Kier alpha value is -2.12. The van der Waals surface area contributed by atoms with Crippen molar-refractivity contribution in [1.29, 1.82) is 0 Å². The van der Waals surface area contributed by atoms with Gasteiger partial charge >= 0.3 is 6.03 Å². The van der Waals surface area contributed by atoms with E-state index in [4.69, 9.17) is 4.74 Å². The van der Waals surface area contributed by atoms with Crippen molar-refractivity contribution < 1.29 is 14.3 Å². The highest BCUT2D eigenvalue weighted by Crippen LogP contribution is 2.16. The second kappa shape index (κ2) is 10.8. The van der Waals surface area contributed by atoms with E-state index >= 15 is 0 Å². The Labute approximate surface area is 155 Å². The fourth-order valence-corrected chi connectivity index (χ4v) is 2.99. The minimum atomic E-state index is -0.210. The molecule has 7 heteroatoms. The number of nitrogens with one attached hydrogen (secondary N) is 3. The van der Waals surface area contributed by atoms with E-state index in [9.17, 15) is 9.59 Å². The highest BCUT2D eigenvalue weighted by molar-refractivity contribution is 5.89. The molecule has 1 atom stereocenters. The van der Waals surface area contributed by atoms with Crippen LogP contribution in [0.1, 0.15) is 18.4 Å². The van der Waals surface area contributed by atoms with Gasteiger partial charge < -0.3 is 25.6 Å². The maximum Gasteiger partial charge on any atom is 0.319 e. The number of aryl methyl sites for hydroxylation is 1. The lowest BCUT2D eigenvalue weighted by Crippen LogP contribution is -2.47. The van der Waals surface area contributed by atoms with Gasteiger partial charge in [0.05, 0.1) is 13.2 Å². The van der Waals surface area contributed by atoms with E-state index in [1.54, 1.807) is 7.11 Å². The third-order valence-electron chi connectivity index (χ3n) is 4.49. The van der Waals surface area contributed by atoms with Gasteiger partial charge in [-0.05, 0) is 37.8 Å². The van der Waals surface area contributed by atoms with E-state index in [0.717, 1.165) is 30.6 Å². The SMILES string of the molecule is COCCNCC(=O)N1CCCC(CNC(=O)Nc2ccc(C)cc2)C1. The smallest absolute Gasteiger partial charge is 0.319 e. The number of likely N-dealkylation sites (tertiary alicyclic amines) is 1. The number of anilines is 1. The number of amides is 3. The fraction of sp³-hybridized carbons (Fsp3) is 0.579. The summed E-state index contributed by atoms with van der Waals surface area (Å²) in [4.78, 5) is 26.2. The first kappa shape index (κ1) is 20.2. The molecule has 0 aliphatic carbocycles. The number of urea groups is 1. The summed E-state index contributed by atoms with van der Waals surface area (Å²) < 4.78 is 4.96. The van der Waals surface area contributed by atoms with Gasteiger partial charge in [0.1, 0.15) is 0 Å². The summed E-state index contributed by atoms with van der Waals surface area (Å²) in [6, 6.07) is 7.47. The number of benzene rings is 1. The van der Waals surface area contributed by atoms with Crippen LogP contribution in [0.4, 0.5) is 10.5 Å². The van der Waals surface area contributed by atoms with Gasteiger partial charge in [-0.2, -0.15) is 0 Å². The largest absolute Gasteiger partial charge is 0.383 e. The topological polar surface area (TPSA) is 82.7 Å². The summed E-state index contributed by atoms with van der Waals surface area (Å²) in [6.07, 6.45) is 1.99. The molecule has 3 amide bonds. The Morgan fingerprint density at radius 3 is 2.77 bits per heavy atom. The molecule has 0 spiro atoms. The first-order valence-corrected chi connectivity index (χ1v) is 9.17. The molecule has 7 nitrogen and oxygen atoms in total. The zero-order valence-electron chi connectivity index (χ0n) is 15.7. The Balaban J connectivity index is 1.69. The van der Waals surface area contributed by atoms with Crippen molar-refractivity contribution in [3.05, 3.63) is 29.8 Å². The highest BCUT2D eigenvalue weighted by Gasteiger charge is 2.23. The lowest BCUT2D eigenvalue weighted by Gasteiger charge is -2.33. The van der Waals surface area contributed by atoms with Crippen LogP contribution in [0.5, 0.6) is 0 Å². The van der Waals surface area contributed by atoms with Crippen molar-refractivity contribution in [2.24, 2.45) is 5.92 Å². The maximum atomic E-state index is 12.2. The van der Waals surface area contributed by atoms with Gasteiger partial charge in [0.2, 0.25) is 5.91 Å². The Morgan fingerprint density at radius 1 is 1.27 bits per heavy atom. The van der Waals surface area contributed by atoms with Crippen LogP contribution in [0, 0.1) is 12.8 Å². The molecule has 0 saturated carbocycles. The average molecular weight is 362 g/mol. The third-order valence-corrected chi connectivity index (χ3v) is 4.49. The lowest BCUT2D eigenvalue weighted by atomic mass is 9.98. The Morgan fingerprint density at radius 2 is 2.04 bits per heavy atom. The molecule has 1 unspecified atom stereocenters. The van der Waals surface area contributed by atoms with Crippen LogP contribution in [-0.4, -0.2) is 63.3 Å². The molecule has 0 bridgehead atoms. The molecule has 1 aliphatic rings. The molecule has 1 fully saturated rings. The van der Waals surface area contributed by atoms with Gasteiger partial charge in [-0.3, -0.25) is 4.79 Å². The maximum absolute atomic E-state index is 12.2. The standard InChI is InChI=1S/C19H30N4O3/c1-15-5-7-17(8-6-15)22-19(25)21-12-16-4-3-10-23(14-16)18(24)13-20-9-11-26-2/h5-8,16,20H,3-4,9-14H2,1-2H3,(H2,21,22,25). The van der Waals surface area contributed by atoms with E-state index in [2.05, 4.69) is 16.0 Å². The number of carbonyl (C=O) groups excluding carboxylic acids is 2. The number of carbonyl (C=O) groups is 2. The summed E-state index contributed by atoms with van der Waals surface area (Å²) >= 11 is 0. The first-order chi connectivity index (χ1) is 12.6. The molecule has 2 rings (SSSR count). The minimum Gasteiger partial charge on any atom is -0.383 e. The average Bonchev–Trinajstić information content (AvgIpc) is 2.65. The van der Waals surface area contributed by atoms with Gasteiger partial charge in [0.15, 0.2) is 0 Å². The van der Waals surface area contributed by atoms with Crippen LogP contribution in [0.15, 0.2) is 24.3 Å². The van der Waals surface area contributed by atoms with Gasteiger partial charge in [0.25, 0.3) is 0 Å². The van der Waals surface area contributed by atoms with Crippen molar-refractivity contribution >= 4 is 17.6 Å². The van der Waals surface area contributed by atoms with E-state index in [1.807, 2.05) is 36.1 Å². The molecule has 0 aromatic heterocycles. The predicted octanol–water partition coefficient (Wildman–Crippen LogP) is 1.59. The summed E-state index contributed by atoms with van der Waals surface area (Å²) in [7, 11) is 1.64. The van der Waals surface area contributed by atoms with Gasteiger partial charge in [-0.1, -0.05) is 17.7 Å². The number of methoxy groups -OCH3 is 1. The van der Waals surface area contributed by atoms with Crippen molar-refractivity contribution in [3.8, 4) is 0 Å². The number of piperidine rings is 1. The van der Waals surface area contributed by atoms with E-state index in [-0.39, 0.29) is 17.9 Å². The Kier molecular flexibility index (Phi) is 8.37. The molecule has 1 aliphatic heterocycles. The van der Waals surface area contributed by atoms with Gasteiger partial charge in [-0.15, -0.1) is 0 Å². The molecule has 1 saturated heterocycles. The molecule has 26 heavy (non-hydrogen) atoms. The molecule has 1 aromatic carbocycles. The van der Waals surface area contributed by atoms with Crippen LogP contribution >= 0.6 is 0 Å². The number of ether oxygens (including phenoxy) is 1. The quantitative estimate of drug-likeness (QED) is 0.614. The van der Waals surface area contributed by atoms with Crippen LogP contribution < -0.4 is 16.0 Å². The van der Waals surface area contributed by atoms with E-state index in [0.29, 0.717) is 32.8 Å². The monoisotopic (exact) mass is 362 g/mol. The molecular formula is C19H30N4O3. The predicted molar refractivity (Wildman–Crippen MR) is 102 cm³/mol. The minimum absolute atomic E-state index is 0.106. The summed E-state index contributed by atoms with van der Waals surface area (Å²) in [5.74, 6) is 0.394.